The minimum Gasteiger partial charge on any atom is -0.481 e. The third kappa shape index (κ3) is 1.70. The van der Waals surface area contributed by atoms with Gasteiger partial charge in [-0.3, -0.25) is 4.79 Å². The average Bonchev–Trinajstić information content (AvgIpc) is 2.84. The standard InChI is InChI=1S/C10H17NO2/c1-2-11-5-8(7-3-4-7)9(6-11)10(12)13/h7-9H,2-6H2,1H3,(H,12,13)/t8-,9+/m0/s1. The highest BCUT2D eigenvalue weighted by molar-refractivity contribution is 5.71. The maximum atomic E-state index is 11.0. The molecule has 3 heteroatoms. The monoisotopic (exact) mass is 183 g/mol. The molecule has 0 amide bonds. The van der Waals surface area contributed by atoms with Crippen molar-refractivity contribution in [2.75, 3.05) is 19.6 Å². The Labute approximate surface area is 78.7 Å². The van der Waals surface area contributed by atoms with E-state index in [0.29, 0.717) is 5.92 Å². The van der Waals surface area contributed by atoms with Crippen LogP contribution in [0.15, 0.2) is 0 Å². The fourth-order valence-electron chi connectivity index (χ4n) is 2.43. The zero-order valence-electron chi connectivity index (χ0n) is 8.07. The molecule has 0 radical (unpaired) electrons. The van der Waals surface area contributed by atoms with Crippen molar-refractivity contribution in [1.82, 2.24) is 4.90 Å². The van der Waals surface area contributed by atoms with E-state index in [0.717, 1.165) is 25.6 Å². The summed E-state index contributed by atoms with van der Waals surface area (Å²) in [5.41, 5.74) is 0. The lowest BCUT2D eigenvalue weighted by atomic mass is 9.92. The van der Waals surface area contributed by atoms with E-state index in [-0.39, 0.29) is 5.92 Å². The molecule has 2 fully saturated rings. The number of carbonyl (C=O) groups is 1. The maximum Gasteiger partial charge on any atom is 0.308 e. The molecule has 1 aliphatic carbocycles. The van der Waals surface area contributed by atoms with Crippen LogP contribution in [-0.2, 0) is 4.79 Å². The summed E-state index contributed by atoms with van der Waals surface area (Å²) in [7, 11) is 0. The summed E-state index contributed by atoms with van der Waals surface area (Å²) in [4.78, 5) is 13.2. The second-order valence-electron chi connectivity index (χ2n) is 4.30. The van der Waals surface area contributed by atoms with Gasteiger partial charge in [0.05, 0.1) is 5.92 Å². The molecule has 0 aromatic rings. The lowest BCUT2D eigenvalue weighted by Gasteiger charge is -2.12. The predicted octanol–water partition coefficient (Wildman–Crippen LogP) is 1.05. The lowest BCUT2D eigenvalue weighted by molar-refractivity contribution is -0.142. The van der Waals surface area contributed by atoms with Crippen LogP contribution in [0.25, 0.3) is 0 Å². The Hall–Kier alpha value is -0.570. The second kappa shape index (κ2) is 3.29. The minimum absolute atomic E-state index is 0.0903. The number of nitrogens with zero attached hydrogens (tertiary/aromatic N) is 1. The first kappa shape index (κ1) is 9.00. The van der Waals surface area contributed by atoms with Gasteiger partial charge < -0.3 is 10.0 Å². The van der Waals surface area contributed by atoms with Crippen LogP contribution in [0.1, 0.15) is 19.8 Å². The van der Waals surface area contributed by atoms with Crippen molar-refractivity contribution < 1.29 is 9.90 Å². The molecule has 3 nitrogen and oxygen atoms in total. The zero-order chi connectivity index (χ0) is 9.42. The minimum atomic E-state index is -0.590. The Morgan fingerprint density at radius 1 is 1.46 bits per heavy atom. The predicted molar refractivity (Wildman–Crippen MR) is 49.5 cm³/mol. The highest BCUT2D eigenvalue weighted by atomic mass is 16.4. The van der Waals surface area contributed by atoms with Crippen LogP contribution in [0.3, 0.4) is 0 Å². The summed E-state index contributed by atoms with van der Waals surface area (Å²) in [5.74, 6) is 0.482. The molecule has 0 aromatic carbocycles. The first-order valence-corrected chi connectivity index (χ1v) is 5.17. The zero-order valence-corrected chi connectivity index (χ0v) is 8.07. The number of hydrogen-bond acceptors (Lipinski definition) is 2. The number of carboxylic acid groups (broad SMARTS) is 1. The van der Waals surface area contributed by atoms with Crippen LogP contribution < -0.4 is 0 Å². The number of carboxylic acids is 1. The molecule has 0 aromatic heterocycles. The van der Waals surface area contributed by atoms with E-state index in [2.05, 4.69) is 11.8 Å². The van der Waals surface area contributed by atoms with E-state index in [4.69, 9.17) is 5.11 Å². The molecule has 1 saturated heterocycles. The molecule has 2 atom stereocenters. The highest BCUT2D eigenvalue weighted by Crippen LogP contribution is 2.43. The summed E-state index contributed by atoms with van der Waals surface area (Å²) < 4.78 is 0. The molecule has 0 spiro atoms. The Bertz CT molecular complexity index is 213. The average molecular weight is 183 g/mol. The van der Waals surface area contributed by atoms with Gasteiger partial charge in [-0.2, -0.15) is 0 Å². The summed E-state index contributed by atoms with van der Waals surface area (Å²) >= 11 is 0. The molecule has 2 aliphatic rings. The first-order chi connectivity index (χ1) is 6.22. The fourth-order valence-corrected chi connectivity index (χ4v) is 2.43. The Balaban J connectivity index is 2.02. The molecule has 2 rings (SSSR count). The van der Waals surface area contributed by atoms with Crippen LogP contribution in [0, 0.1) is 17.8 Å². The number of hydrogen-bond donors (Lipinski definition) is 1. The molecule has 13 heavy (non-hydrogen) atoms. The van der Waals surface area contributed by atoms with Gasteiger partial charge in [0.25, 0.3) is 0 Å². The van der Waals surface area contributed by atoms with Crippen molar-refractivity contribution in [2.45, 2.75) is 19.8 Å². The Morgan fingerprint density at radius 3 is 2.62 bits per heavy atom. The number of aliphatic carboxylic acids is 1. The molecule has 1 saturated carbocycles. The third-order valence-corrected chi connectivity index (χ3v) is 3.43. The third-order valence-electron chi connectivity index (χ3n) is 3.43. The van der Waals surface area contributed by atoms with Crippen LogP contribution in [-0.4, -0.2) is 35.6 Å². The number of likely N-dealkylation sites (tertiary alicyclic amines) is 1. The number of rotatable bonds is 3. The normalized spacial score (nSPS) is 35.2. The van der Waals surface area contributed by atoms with Crippen LogP contribution in [0.4, 0.5) is 0 Å². The molecule has 1 N–H and O–H groups in total. The van der Waals surface area contributed by atoms with Crippen LogP contribution >= 0.6 is 0 Å². The molecule has 0 unspecified atom stereocenters. The maximum absolute atomic E-state index is 11.0. The molecule has 1 heterocycles. The van der Waals surface area contributed by atoms with Crippen LogP contribution in [0.5, 0.6) is 0 Å². The van der Waals surface area contributed by atoms with Crippen molar-refractivity contribution in [3.8, 4) is 0 Å². The van der Waals surface area contributed by atoms with Gasteiger partial charge in [-0.25, -0.2) is 0 Å². The van der Waals surface area contributed by atoms with Crippen molar-refractivity contribution in [1.29, 1.82) is 0 Å². The van der Waals surface area contributed by atoms with Gasteiger partial charge in [-0.05, 0) is 31.2 Å². The van der Waals surface area contributed by atoms with Gasteiger partial charge in [-0.15, -0.1) is 0 Å². The van der Waals surface area contributed by atoms with Gasteiger partial charge >= 0.3 is 5.97 Å². The van der Waals surface area contributed by atoms with Gasteiger partial charge in [0.15, 0.2) is 0 Å². The van der Waals surface area contributed by atoms with Gasteiger partial charge in [0.2, 0.25) is 0 Å². The molecular weight excluding hydrogens is 166 g/mol. The van der Waals surface area contributed by atoms with Gasteiger partial charge in [-0.1, -0.05) is 6.92 Å². The summed E-state index contributed by atoms with van der Waals surface area (Å²) in [5, 5.41) is 9.05. The van der Waals surface area contributed by atoms with E-state index < -0.39 is 5.97 Å². The Kier molecular flexibility index (Phi) is 2.28. The van der Waals surface area contributed by atoms with Crippen molar-refractivity contribution in [3.63, 3.8) is 0 Å². The summed E-state index contributed by atoms with van der Waals surface area (Å²) in [6.07, 6.45) is 2.51. The first-order valence-electron chi connectivity index (χ1n) is 5.17. The second-order valence-corrected chi connectivity index (χ2v) is 4.30. The fraction of sp³-hybridized carbons (Fsp3) is 0.900. The molecule has 1 aliphatic heterocycles. The topological polar surface area (TPSA) is 40.5 Å². The van der Waals surface area contributed by atoms with Crippen molar-refractivity contribution in [3.05, 3.63) is 0 Å². The van der Waals surface area contributed by atoms with E-state index >= 15 is 0 Å². The summed E-state index contributed by atoms with van der Waals surface area (Å²) in [6, 6.07) is 0. The van der Waals surface area contributed by atoms with E-state index in [1.165, 1.54) is 12.8 Å². The van der Waals surface area contributed by atoms with Crippen molar-refractivity contribution >= 4 is 5.97 Å². The quantitative estimate of drug-likeness (QED) is 0.711. The summed E-state index contributed by atoms with van der Waals surface area (Å²) in [6.45, 7) is 4.88. The molecular formula is C10H17NO2. The van der Waals surface area contributed by atoms with Gasteiger partial charge in [0.1, 0.15) is 0 Å². The Morgan fingerprint density at radius 2 is 2.15 bits per heavy atom. The van der Waals surface area contributed by atoms with E-state index in [1.54, 1.807) is 0 Å². The van der Waals surface area contributed by atoms with E-state index in [9.17, 15) is 4.79 Å². The molecule has 74 valence electrons. The SMILES string of the molecule is CCN1C[C@@H](C(=O)O)[C@H](C2CC2)C1. The largest absolute Gasteiger partial charge is 0.481 e. The van der Waals surface area contributed by atoms with Crippen LogP contribution in [0.2, 0.25) is 0 Å². The van der Waals surface area contributed by atoms with Crippen molar-refractivity contribution in [2.24, 2.45) is 17.8 Å². The smallest absolute Gasteiger partial charge is 0.308 e. The van der Waals surface area contributed by atoms with E-state index in [1.807, 2.05) is 0 Å². The highest BCUT2D eigenvalue weighted by Gasteiger charge is 2.44. The van der Waals surface area contributed by atoms with Gasteiger partial charge in [0, 0.05) is 13.1 Å². The molecule has 0 bridgehead atoms. The lowest BCUT2D eigenvalue weighted by Crippen LogP contribution is -2.24.